The van der Waals surface area contributed by atoms with Crippen molar-refractivity contribution in [2.24, 2.45) is 0 Å². The normalized spacial score (nSPS) is 11.8. The molecule has 146 valence electrons. The number of nitrogens with zero attached hydrogens (tertiary/aromatic N) is 3. The molecule has 0 saturated carbocycles. The fourth-order valence-electron chi connectivity index (χ4n) is 2.65. The molecule has 0 aliphatic carbocycles. The summed E-state index contributed by atoms with van der Waals surface area (Å²) < 4.78 is 21.1. The lowest BCUT2D eigenvalue weighted by molar-refractivity contribution is -0.113. The molecule has 0 saturated heterocycles. The Balaban J connectivity index is 1.62. The van der Waals surface area contributed by atoms with Crippen LogP contribution in [-0.4, -0.2) is 26.4 Å². The number of thioether (sulfide) groups is 1. The van der Waals surface area contributed by atoms with Gasteiger partial charge in [0.15, 0.2) is 17.1 Å². The maximum atomic E-state index is 13.2. The van der Waals surface area contributed by atoms with E-state index in [1.54, 1.807) is 12.1 Å². The molecular formula is C20H21FN4O2S. The Bertz CT molecular complexity index is 933. The quantitative estimate of drug-likeness (QED) is 0.571. The van der Waals surface area contributed by atoms with Gasteiger partial charge in [0.1, 0.15) is 11.6 Å². The van der Waals surface area contributed by atoms with Crippen LogP contribution in [0.4, 0.5) is 10.1 Å². The van der Waals surface area contributed by atoms with Gasteiger partial charge < -0.3 is 14.6 Å². The number of benzene rings is 2. The second kappa shape index (κ2) is 9.36. The fourth-order valence-corrected chi connectivity index (χ4v) is 3.46. The highest BCUT2D eigenvalue weighted by atomic mass is 32.2. The number of carbonyl (C=O) groups excluding carboxylic acids is 1. The number of para-hydroxylation sites is 1. The summed E-state index contributed by atoms with van der Waals surface area (Å²) in [5, 5.41) is 11.7. The Hall–Kier alpha value is -2.87. The first-order valence-electron chi connectivity index (χ1n) is 8.90. The van der Waals surface area contributed by atoms with E-state index in [0.717, 1.165) is 5.75 Å². The van der Waals surface area contributed by atoms with E-state index >= 15 is 0 Å². The summed E-state index contributed by atoms with van der Waals surface area (Å²) >= 11 is 1.28. The number of aromatic nitrogens is 3. The number of rotatable bonds is 8. The molecule has 28 heavy (non-hydrogen) atoms. The Morgan fingerprint density at radius 2 is 2.00 bits per heavy atom. The minimum absolute atomic E-state index is 0.141. The summed E-state index contributed by atoms with van der Waals surface area (Å²) in [6, 6.07) is 15.3. The van der Waals surface area contributed by atoms with Crippen molar-refractivity contribution in [2.75, 3.05) is 11.1 Å². The largest absolute Gasteiger partial charge is 0.483 e. The summed E-state index contributed by atoms with van der Waals surface area (Å²) in [5.74, 6) is 0.955. The predicted octanol–water partition coefficient (Wildman–Crippen LogP) is 4.31. The van der Waals surface area contributed by atoms with Crippen LogP contribution < -0.4 is 10.1 Å². The summed E-state index contributed by atoms with van der Waals surface area (Å²) in [7, 11) is 0. The van der Waals surface area contributed by atoms with E-state index in [4.69, 9.17) is 4.74 Å². The van der Waals surface area contributed by atoms with Crippen molar-refractivity contribution in [3.63, 3.8) is 0 Å². The molecule has 0 aliphatic rings. The lowest BCUT2D eigenvalue weighted by atomic mass is 10.3. The van der Waals surface area contributed by atoms with Crippen LogP contribution in [0, 0.1) is 5.82 Å². The van der Waals surface area contributed by atoms with E-state index in [2.05, 4.69) is 15.5 Å². The maximum absolute atomic E-state index is 13.2. The molecule has 0 fully saturated rings. The fraction of sp³-hybridized carbons (Fsp3) is 0.250. The number of nitrogens with one attached hydrogen (secondary N) is 1. The molecule has 1 atom stereocenters. The number of hydrogen-bond donors (Lipinski definition) is 1. The smallest absolute Gasteiger partial charge is 0.234 e. The number of hydrogen-bond acceptors (Lipinski definition) is 5. The Morgan fingerprint density at radius 1 is 1.21 bits per heavy atom. The first-order valence-corrected chi connectivity index (χ1v) is 9.88. The minimum atomic E-state index is -0.395. The topological polar surface area (TPSA) is 69.0 Å². The zero-order chi connectivity index (χ0) is 19.9. The van der Waals surface area contributed by atoms with Gasteiger partial charge in [0.2, 0.25) is 5.91 Å². The first-order chi connectivity index (χ1) is 13.6. The number of carbonyl (C=O) groups is 1. The van der Waals surface area contributed by atoms with Crippen LogP contribution in [0.1, 0.15) is 25.8 Å². The number of halogens is 1. The number of anilines is 1. The van der Waals surface area contributed by atoms with Crippen LogP contribution in [-0.2, 0) is 11.3 Å². The second-order valence-electron chi connectivity index (χ2n) is 6.01. The molecule has 0 spiro atoms. The Kier molecular flexibility index (Phi) is 6.65. The Morgan fingerprint density at radius 3 is 2.71 bits per heavy atom. The molecule has 0 radical (unpaired) electrons. The average molecular weight is 400 g/mol. The van der Waals surface area contributed by atoms with Gasteiger partial charge in [-0.25, -0.2) is 4.39 Å². The maximum Gasteiger partial charge on any atom is 0.234 e. The zero-order valence-corrected chi connectivity index (χ0v) is 16.4. The average Bonchev–Trinajstić information content (AvgIpc) is 3.10. The molecule has 1 aromatic heterocycles. The van der Waals surface area contributed by atoms with E-state index in [0.29, 0.717) is 23.2 Å². The van der Waals surface area contributed by atoms with Crippen LogP contribution in [0.25, 0.3) is 0 Å². The van der Waals surface area contributed by atoms with E-state index in [-0.39, 0.29) is 17.8 Å². The molecule has 0 unspecified atom stereocenters. The number of ether oxygens (including phenoxy) is 1. The summed E-state index contributed by atoms with van der Waals surface area (Å²) in [6.07, 6.45) is -0.287. The molecule has 2 aromatic carbocycles. The SMILES string of the molecule is CCn1c(SCC(=O)Nc2cccc(F)c2)nnc1[C@@H](C)Oc1ccccc1. The molecule has 1 heterocycles. The van der Waals surface area contributed by atoms with Crippen LogP contribution in [0.2, 0.25) is 0 Å². The standard InChI is InChI=1S/C20H21FN4O2S/c1-3-25-19(14(2)27-17-10-5-4-6-11-17)23-24-20(25)28-13-18(26)22-16-9-7-8-15(21)12-16/h4-12,14H,3,13H2,1-2H3,(H,22,26)/t14-/m1/s1. The van der Waals surface area contributed by atoms with Gasteiger partial charge in [-0.15, -0.1) is 10.2 Å². The van der Waals surface area contributed by atoms with Crippen LogP contribution in [0.3, 0.4) is 0 Å². The van der Waals surface area contributed by atoms with Crippen LogP contribution in [0.5, 0.6) is 5.75 Å². The molecule has 1 amide bonds. The first kappa shape index (κ1) is 19.9. The van der Waals surface area contributed by atoms with Crippen molar-refractivity contribution >= 4 is 23.4 Å². The lowest BCUT2D eigenvalue weighted by Crippen LogP contribution is -2.15. The van der Waals surface area contributed by atoms with Crippen molar-refractivity contribution < 1.29 is 13.9 Å². The third-order valence-corrected chi connectivity index (χ3v) is 4.89. The van der Waals surface area contributed by atoms with Gasteiger partial charge >= 0.3 is 0 Å². The van der Waals surface area contributed by atoms with Gasteiger partial charge in [0.25, 0.3) is 0 Å². The van der Waals surface area contributed by atoms with Gasteiger partial charge in [-0.2, -0.15) is 0 Å². The van der Waals surface area contributed by atoms with Crippen LogP contribution >= 0.6 is 11.8 Å². The van der Waals surface area contributed by atoms with Gasteiger partial charge in [-0.1, -0.05) is 36.0 Å². The van der Waals surface area contributed by atoms with Gasteiger partial charge in [0.05, 0.1) is 5.75 Å². The summed E-state index contributed by atoms with van der Waals surface area (Å²) in [5.41, 5.74) is 0.424. The van der Waals surface area contributed by atoms with E-state index in [1.165, 1.54) is 23.9 Å². The minimum Gasteiger partial charge on any atom is -0.483 e. The summed E-state index contributed by atoms with van der Waals surface area (Å²) in [6.45, 7) is 4.55. The molecule has 3 aromatic rings. The van der Waals surface area contributed by atoms with Crippen molar-refractivity contribution in [3.05, 3.63) is 66.2 Å². The van der Waals surface area contributed by atoms with Gasteiger partial charge in [-0.3, -0.25) is 4.79 Å². The van der Waals surface area contributed by atoms with Crippen LogP contribution in [0.15, 0.2) is 59.8 Å². The van der Waals surface area contributed by atoms with E-state index in [1.807, 2.05) is 48.7 Å². The highest BCUT2D eigenvalue weighted by Gasteiger charge is 2.19. The molecule has 3 rings (SSSR count). The number of amides is 1. The highest BCUT2D eigenvalue weighted by Crippen LogP contribution is 2.24. The molecule has 1 N–H and O–H groups in total. The molecule has 8 heteroatoms. The Labute approximate surface area is 167 Å². The van der Waals surface area contributed by atoms with E-state index < -0.39 is 5.82 Å². The highest BCUT2D eigenvalue weighted by molar-refractivity contribution is 7.99. The van der Waals surface area contributed by atoms with Crippen molar-refractivity contribution in [2.45, 2.75) is 31.7 Å². The third kappa shape index (κ3) is 5.10. The van der Waals surface area contributed by atoms with Crippen molar-refractivity contribution in [3.8, 4) is 5.75 Å². The van der Waals surface area contributed by atoms with Crippen molar-refractivity contribution in [1.29, 1.82) is 0 Å². The van der Waals surface area contributed by atoms with Crippen molar-refractivity contribution in [1.82, 2.24) is 14.8 Å². The zero-order valence-electron chi connectivity index (χ0n) is 15.6. The third-order valence-electron chi connectivity index (χ3n) is 3.92. The van der Waals surface area contributed by atoms with Gasteiger partial charge in [-0.05, 0) is 44.2 Å². The monoisotopic (exact) mass is 400 g/mol. The molecular weight excluding hydrogens is 379 g/mol. The second-order valence-corrected chi connectivity index (χ2v) is 6.95. The molecule has 0 bridgehead atoms. The predicted molar refractivity (Wildman–Crippen MR) is 107 cm³/mol. The lowest BCUT2D eigenvalue weighted by Gasteiger charge is -2.15. The molecule has 6 nitrogen and oxygen atoms in total. The summed E-state index contributed by atoms with van der Waals surface area (Å²) in [4.78, 5) is 12.1. The molecule has 0 aliphatic heterocycles. The van der Waals surface area contributed by atoms with Gasteiger partial charge in [0, 0.05) is 12.2 Å². The van der Waals surface area contributed by atoms with E-state index in [9.17, 15) is 9.18 Å².